The van der Waals surface area contributed by atoms with E-state index in [4.69, 9.17) is 0 Å². The molecule has 0 atom stereocenters. The second-order valence-electron chi connectivity index (χ2n) is 3.23. The van der Waals surface area contributed by atoms with E-state index in [1.165, 1.54) is 42.8 Å². The standard InChI is InChI=1S/C11H21S/c1-4-9-12-10-7-5-6-8-11(2)3/h1-2,4-10H2,3H3. The Morgan fingerprint density at radius 1 is 1.17 bits per heavy atom. The van der Waals surface area contributed by atoms with Crippen molar-refractivity contribution in [1.29, 1.82) is 0 Å². The third kappa shape index (κ3) is 10.1. The van der Waals surface area contributed by atoms with Crippen LogP contribution in [0.3, 0.4) is 0 Å². The van der Waals surface area contributed by atoms with E-state index in [9.17, 15) is 0 Å². The highest BCUT2D eigenvalue weighted by Crippen LogP contribution is 2.10. The number of rotatable bonds is 8. The molecule has 0 aromatic rings. The zero-order valence-electron chi connectivity index (χ0n) is 8.27. The summed E-state index contributed by atoms with van der Waals surface area (Å²) in [5, 5.41) is 0. The van der Waals surface area contributed by atoms with Crippen molar-refractivity contribution in [1.82, 2.24) is 0 Å². The minimum atomic E-state index is 1.07. The molecule has 1 heteroatoms. The average Bonchev–Trinajstić information content (AvgIpc) is 2.02. The number of thioether (sulfide) groups is 1. The van der Waals surface area contributed by atoms with Crippen molar-refractivity contribution < 1.29 is 0 Å². The van der Waals surface area contributed by atoms with Crippen molar-refractivity contribution in [3.63, 3.8) is 0 Å². The van der Waals surface area contributed by atoms with Crippen LogP contribution in [0.2, 0.25) is 0 Å². The highest BCUT2D eigenvalue weighted by atomic mass is 32.2. The van der Waals surface area contributed by atoms with Gasteiger partial charge >= 0.3 is 0 Å². The van der Waals surface area contributed by atoms with Gasteiger partial charge in [0.15, 0.2) is 0 Å². The first-order chi connectivity index (χ1) is 5.77. The highest BCUT2D eigenvalue weighted by molar-refractivity contribution is 7.99. The summed E-state index contributed by atoms with van der Waals surface area (Å²) in [5.74, 6) is 2.53. The van der Waals surface area contributed by atoms with E-state index in [-0.39, 0.29) is 0 Å². The van der Waals surface area contributed by atoms with Crippen LogP contribution in [0.5, 0.6) is 0 Å². The van der Waals surface area contributed by atoms with Crippen molar-refractivity contribution in [3.05, 3.63) is 19.1 Å². The van der Waals surface area contributed by atoms with E-state index in [0.717, 1.165) is 6.42 Å². The molecule has 0 heterocycles. The monoisotopic (exact) mass is 185 g/mol. The molecule has 0 rings (SSSR count). The molecule has 0 bridgehead atoms. The minimum Gasteiger partial charge on any atom is -0.162 e. The van der Waals surface area contributed by atoms with E-state index in [1.807, 2.05) is 11.8 Å². The number of unbranched alkanes of at least 4 members (excludes halogenated alkanes) is 2. The molecular formula is C11H21S. The van der Waals surface area contributed by atoms with Gasteiger partial charge in [0.25, 0.3) is 0 Å². The van der Waals surface area contributed by atoms with E-state index < -0.39 is 0 Å². The Kier molecular flexibility index (Phi) is 9.25. The second kappa shape index (κ2) is 9.18. The fourth-order valence-electron chi connectivity index (χ4n) is 1.01. The van der Waals surface area contributed by atoms with E-state index in [1.54, 1.807) is 0 Å². The van der Waals surface area contributed by atoms with Crippen LogP contribution in [0.25, 0.3) is 0 Å². The van der Waals surface area contributed by atoms with Gasteiger partial charge in [0.1, 0.15) is 0 Å². The summed E-state index contributed by atoms with van der Waals surface area (Å²) in [7, 11) is 0. The lowest BCUT2D eigenvalue weighted by molar-refractivity contribution is 0.719. The third-order valence-corrected chi connectivity index (χ3v) is 2.84. The van der Waals surface area contributed by atoms with Gasteiger partial charge in [-0.05, 0) is 44.1 Å². The Morgan fingerprint density at radius 3 is 2.50 bits per heavy atom. The topological polar surface area (TPSA) is 0 Å². The van der Waals surface area contributed by atoms with Crippen LogP contribution in [0.1, 0.15) is 39.0 Å². The maximum absolute atomic E-state index is 3.89. The molecular weight excluding hydrogens is 164 g/mol. The molecule has 0 aliphatic rings. The summed E-state index contributed by atoms with van der Waals surface area (Å²) in [6, 6.07) is 0. The van der Waals surface area contributed by atoms with Gasteiger partial charge in [0, 0.05) is 0 Å². The van der Waals surface area contributed by atoms with Crippen LogP contribution in [0.15, 0.2) is 12.2 Å². The van der Waals surface area contributed by atoms with Gasteiger partial charge in [-0.2, -0.15) is 11.8 Å². The SMILES string of the molecule is [CH2]CCSCCCCCC(=C)C. The molecule has 1 radical (unpaired) electrons. The van der Waals surface area contributed by atoms with Gasteiger partial charge in [0.2, 0.25) is 0 Å². The van der Waals surface area contributed by atoms with Gasteiger partial charge in [-0.1, -0.05) is 18.9 Å². The number of hydrogen-bond donors (Lipinski definition) is 0. The zero-order valence-corrected chi connectivity index (χ0v) is 9.09. The van der Waals surface area contributed by atoms with E-state index in [2.05, 4.69) is 20.4 Å². The summed E-state index contributed by atoms with van der Waals surface area (Å²) in [6.07, 6.45) is 6.31. The fraction of sp³-hybridized carbons (Fsp3) is 0.727. The first-order valence-electron chi connectivity index (χ1n) is 4.78. The molecule has 0 aliphatic heterocycles. The highest BCUT2D eigenvalue weighted by Gasteiger charge is 1.90. The molecule has 0 N–H and O–H groups in total. The van der Waals surface area contributed by atoms with Crippen LogP contribution in [0, 0.1) is 6.92 Å². The fourth-order valence-corrected chi connectivity index (χ4v) is 1.83. The van der Waals surface area contributed by atoms with Crippen molar-refractivity contribution >= 4 is 11.8 Å². The first-order valence-corrected chi connectivity index (χ1v) is 5.94. The lowest BCUT2D eigenvalue weighted by Gasteiger charge is -2.00. The van der Waals surface area contributed by atoms with E-state index >= 15 is 0 Å². The molecule has 12 heavy (non-hydrogen) atoms. The Morgan fingerprint density at radius 2 is 1.92 bits per heavy atom. The molecule has 0 saturated carbocycles. The summed E-state index contributed by atoms with van der Waals surface area (Å²) < 4.78 is 0. The van der Waals surface area contributed by atoms with Gasteiger partial charge < -0.3 is 0 Å². The average molecular weight is 185 g/mol. The minimum absolute atomic E-state index is 1.07. The van der Waals surface area contributed by atoms with Gasteiger partial charge in [-0.25, -0.2) is 0 Å². The third-order valence-electron chi connectivity index (χ3n) is 1.68. The molecule has 0 spiro atoms. The molecule has 0 amide bonds. The van der Waals surface area contributed by atoms with Gasteiger partial charge in [0.05, 0.1) is 0 Å². The Labute approximate surface area is 81.8 Å². The Hall–Kier alpha value is 0.0900. The predicted octanol–water partition coefficient (Wildman–Crippen LogP) is 4.08. The quantitative estimate of drug-likeness (QED) is 0.405. The Balaban J connectivity index is 2.86. The lowest BCUT2D eigenvalue weighted by atomic mass is 10.1. The zero-order chi connectivity index (χ0) is 9.23. The molecule has 0 unspecified atom stereocenters. The predicted molar refractivity (Wildman–Crippen MR) is 60.6 cm³/mol. The Bertz CT molecular complexity index is 108. The lowest BCUT2D eigenvalue weighted by Crippen LogP contribution is -1.84. The second-order valence-corrected chi connectivity index (χ2v) is 4.46. The van der Waals surface area contributed by atoms with Gasteiger partial charge in [-0.3, -0.25) is 0 Å². The van der Waals surface area contributed by atoms with E-state index in [0.29, 0.717) is 0 Å². The molecule has 0 aromatic heterocycles. The largest absolute Gasteiger partial charge is 0.162 e. The number of hydrogen-bond acceptors (Lipinski definition) is 1. The van der Waals surface area contributed by atoms with Crippen molar-refractivity contribution in [3.8, 4) is 0 Å². The summed E-state index contributed by atoms with van der Waals surface area (Å²) in [4.78, 5) is 0. The molecule has 0 nitrogen and oxygen atoms in total. The molecule has 71 valence electrons. The maximum atomic E-state index is 3.89. The van der Waals surface area contributed by atoms with Crippen LogP contribution in [-0.2, 0) is 0 Å². The van der Waals surface area contributed by atoms with Crippen LogP contribution < -0.4 is 0 Å². The number of allylic oxidation sites excluding steroid dienone is 1. The normalized spacial score (nSPS) is 10.2. The van der Waals surface area contributed by atoms with Crippen molar-refractivity contribution in [2.24, 2.45) is 0 Å². The van der Waals surface area contributed by atoms with Crippen LogP contribution in [-0.4, -0.2) is 11.5 Å². The maximum Gasteiger partial charge on any atom is -0.00675 e. The summed E-state index contributed by atoms with van der Waals surface area (Å²) in [6.45, 7) is 9.81. The van der Waals surface area contributed by atoms with Crippen molar-refractivity contribution in [2.45, 2.75) is 39.0 Å². The smallest absolute Gasteiger partial charge is 0.00675 e. The summed E-state index contributed by atoms with van der Waals surface area (Å²) >= 11 is 2.03. The van der Waals surface area contributed by atoms with Crippen molar-refractivity contribution in [2.75, 3.05) is 11.5 Å². The molecule has 0 saturated heterocycles. The summed E-state index contributed by atoms with van der Waals surface area (Å²) in [5.41, 5.74) is 1.32. The molecule has 0 fully saturated rings. The van der Waals surface area contributed by atoms with Crippen LogP contribution >= 0.6 is 11.8 Å². The van der Waals surface area contributed by atoms with Gasteiger partial charge in [-0.15, -0.1) is 6.58 Å². The van der Waals surface area contributed by atoms with Crippen LogP contribution in [0.4, 0.5) is 0 Å². The first kappa shape index (κ1) is 12.1. The molecule has 0 aliphatic carbocycles. The molecule has 0 aromatic carbocycles.